The van der Waals surface area contributed by atoms with Gasteiger partial charge in [0.2, 0.25) is 0 Å². The van der Waals surface area contributed by atoms with Gasteiger partial charge in [-0.2, -0.15) is 5.10 Å². The Kier molecular flexibility index (Phi) is 3.97. The Labute approximate surface area is 166 Å². The molecule has 9 heteroatoms. The lowest BCUT2D eigenvalue weighted by atomic mass is 9.94. The van der Waals surface area contributed by atoms with E-state index in [1.165, 1.54) is 4.52 Å². The number of carbonyl (C=O) groups excluding carboxylic acids is 1. The lowest BCUT2D eigenvalue weighted by Gasteiger charge is -2.31. The minimum atomic E-state index is -0.0988. The zero-order valence-corrected chi connectivity index (χ0v) is 16.3. The maximum Gasteiger partial charge on any atom is 0.275 e. The van der Waals surface area contributed by atoms with Gasteiger partial charge >= 0.3 is 0 Å². The Morgan fingerprint density at radius 3 is 2.93 bits per heavy atom. The summed E-state index contributed by atoms with van der Waals surface area (Å²) in [5.74, 6) is 0.0165. The molecule has 9 nitrogen and oxygen atoms in total. The smallest absolute Gasteiger partial charge is 0.275 e. The predicted octanol–water partition coefficient (Wildman–Crippen LogP) is 1.70. The number of hydrogen-bond acceptors (Lipinski definition) is 5. The van der Waals surface area contributed by atoms with E-state index in [0.29, 0.717) is 35.6 Å². The SMILES string of the molecule is Cc1nc2cc(C3CCCN(C(=O)c4cc5ncccn5n4)C3)[nH]n2c(=O)c1C. The molecule has 148 valence electrons. The number of hydrogen-bond donors (Lipinski definition) is 1. The molecule has 1 atom stereocenters. The Morgan fingerprint density at radius 1 is 1.24 bits per heavy atom. The summed E-state index contributed by atoms with van der Waals surface area (Å²) in [6, 6.07) is 5.41. The summed E-state index contributed by atoms with van der Waals surface area (Å²) in [6.07, 6.45) is 5.28. The number of likely N-dealkylation sites (tertiary alicyclic amines) is 1. The number of piperidine rings is 1. The second-order valence-corrected chi connectivity index (χ2v) is 7.57. The summed E-state index contributed by atoms with van der Waals surface area (Å²) in [5, 5.41) is 7.55. The Balaban J connectivity index is 1.43. The zero-order chi connectivity index (χ0) is 20.1. The molecule has 1 fully saturated rings. The topological polar surface area (TPSA) is 101 Å². The fourth-order valence-corrected chi connectivity index (χ4v) is 3.96. The highest BCUT2D eigenvalue weighted by Crippen LogP contribution is 2.27. The largest absolute Gasteiger partial charge is 0.337 e. The molecule has 0 radical (unpaired) electrons. The normalized spacial score (nSPS) is 17.3. The summed E-state index contributed by atoms with van der Waals surface area (Å²) in [4.78, 5) is 36.1. The van der Waals surface area contributed by atoms with E-state index in [4.69, 9.17) is 0 Å². The van der Waals surface area contributed by atoms with E-state index >= 15 is 0 Å². The fraction of sp³-hybridized carbons (Fsp3) is 0.350. The van der Waals surface area contributed by atoms with Gasteiger partial charge in [-0.1, -0.05) is 0 Å². The first kappa shape index (κ1) is 17.6. The van der Waals surface area contributed by atoms with Gasteiger partial charge in [-0.25, -0.2) is 19.0 Å². The molecule has 0 bridgehead atoms. The van der Waals surface area contributed by atoms with Crippen LogP contribution in [0.1, 0.15) is 46.2 Å². The highest BCUT2D eigenvalue weighted by Gasteiger charge is 2.28. The van der Waals surface area contributed by atoms with Gasteiger partial charge in [0.15, 0.2) is 17.0 Å². The molecule has 0 saturated carbocycles. The number of aromatic nitrogens is 6. The Morgan fingerprint density at radius 2 is 2.10 bits per heavy atom. The van der Waals surface area contributed by atoms with Crippen LogP contribution in [0.2, 0.25) is 0 Å². The monoisotopic (exact) mass is 391 g/mol. The lowest BCUT2D eigenvalue weighted by molar-refractivity contribution is 0.0699. The Bertz CT molecular complexity index is 1270. The molecule has 1 aliphatic heterocycles. The highest BCUT2D eigenvalue weighted by atomic mass is 16.2. The molecule has 5 heterocycles. The molecule has 1 saturated heterocycles. The van der Waals surface area contributed by atoms with Crippen molar-refractivity contribution in [3.8, 4) is 0 Å². The van der Waals surface area contributed by atoms with Gasteiger partial charge in [-0.3, -0.25) is 14.7 Å². The van der Waals surface area contributed by atoms with Crippen molar-refractivity contribution < 1.29 is 4.79 Å². The van der Waals surface area contributed by atoms with Gasteiger partial charge in [-0.05, 0) is 32.8 Å². The number of rotatable bonds is 2. The standard InChI is InChI=1S/C20H21N7O2/c1-12-13(2)22-18-9-15(24-27(18)19(12)28)14-5-3-7-25(11-14)20(29)16-10-17-21-6-4-8-26(17)23-16/h4,6,8-10,14,24H,3,5,7,11H2,1-2H3. The molecule has 1 N–H and O–H groups in total. The van der Waals surface area contributed by atoms with Gasteiger partial charge < -0.3 is 4.90 Å². The number of nitrogens with zero attached hydrogens (tertiary/aromatic N) is 6. The molecule has 0 aliphatic carbocycles. The van der Waals surface area contributed by atoms with Crippen LogP contribution in [0.5, 0.6) is 0 Å². The van der Waals surface area contributed by atoms with Crippen molar-refractivity contribution in [2.75, 3.05) is 13.1 Å². The van der Waals surface area contributed by atoms with Gasteiger partial charge in [0.1, 0.15) is 0 Å². The van der Waals surface area contributed by atoms with Crippen molar-refractivity contribution in [1.82, 2.24) is 34.1 Å². The van der Waals surface area contributed by atoms with E-state index in [9.17, 15) is 9.59 Å². The van der Waals surface area contributed by atoms with Crippen LogP contribution in [0, 0.1) is 13.8 Å². The molecular formula is C20H21N7O2. The number of H-pyrrole nitrogens is 1. The van der Waals surface area contributed by atoms with Crippen LogP contribution >= 0.6 is 0 Å². The van der Waals surface area contributed by atoms with Crippen molar-refractivity contribution in [2.45, 2.75) is 32.6 Å². The number of carbonyl (C=O) groups is 1. The van der Waals surface area contributed by atoms with Crippen LogP contribution in [0.15, 0.2) is 35.4 Å². The quantitative estimate of drug-likeness (QED) is 0.561. The first-order valence-corrected chi connectivity index (χ1v) is 9.70. The summed E-state index contributed by atoms with van der Waals surface area (Å²) in [5.41, 5.74) is 3.87. The molecular weight excluding hydrogens is 370 g/mol. The third kappa shape index (κ3) is 2.89. The maximum absolute atomic E-state index is 13.0. The van der Waals surface area contributed by atoms with Crippen LogP contribution in [0.4, 0.5) is 0 Å². The number of fused-ring (bicyclic) bond motifs is 2. The Hall–Kier alpha value is -3.49. The summed E-state index contributed by atoms with van der Waals surface area (Å²) in [6.45, 7) is 4.88. The molecule has 1 amide bonds. The third-order valence-corrected chi connectivity index (χ3v) is 5.71. The number of aromatic amines is 1. The van der Waals surface area contributed by atoms with E-state index in [1.54, 1.807) is 36.0 Å². The average molecular weight is 391 g/mol. The van der Waals surface area contributed by atoms with Crippen molar-refractivity contribution in [2.24, 2.45) is 0 Å². The number of aryl methyl sites for hydroxylation is 1. The molecule has 0 spiro atoms. The predicted molar refractivity (Wildman–Crippen MR) is 106 cm³/mol. The third-order valence-electron chi connectivity index (χ3n) is 5.71. The van der Waals surface area contributed by atoms with E-state index in [0.717, 1.165) is 24.2 Å². The molecule has 4 aromatic heterocycles. The molecule has 5 rings (SSSR count). The van der Waals surface area contributed by atoms with Crippen LogP contribution in [-0.4, -0.2) is 53.1 Å². The molecule has 1 aliphatic rings. The van der Waals surface area contributed by atoms with Crippen molar-refractivity contribution in [1.29, 1.82) is 0 Å². The average Bonchev–Trinajstić information content (AvgIpc) is 3.36. The maximum atomic E-state index is 13.0. The first-order valence-electron chi connectivity index (χ1n) is 9.70. The van der Waals surface area contributed by atoms with Gasteiger partial charge in [0.05, 0.1) is 0 Å². The van der Waals surface area contributed by atoms with Crippen LogP contribution < -0.4 is 5.56 Å². The molecule has 29 heavy (non-hydrogen) atoms. The van der Waals surface area contributed by atoms with Crippen molar-refractivity contribution in [3.63, 3.8) is 0 Å². The number of nitrogens with one attached hydrogen (secondary N) is 1. The molecule has 0 aromatic carbocycles. The van der Waals surface area contributed by atoms with Crippen LogP contribution in [-0.2, 0) is 0 Å². The second kappa shape index (κ2) is 6.54. The van der Waals surface area contributed by atoms with Crippen LogP contribution in [0.3, 0.4) is 0 Å². The van der Waals surface area contributed by atoms with E-state index in [-0.39, 0.29) is 17.4 Å². The van der Waals surface area contributed by atoms with Gasteiger partial charge in [0, 0.05) is 60.5 Å². The highest BCUT2D eigenvalue weighted by molar-refractivity contribution is 5.93. The molecule has 1 unspecified atom stereocenters. The van der Waals surface area contributed by atoms with Gasteiger partial charge in [0.25, 0.3) is 11.5 Å². The van der Waals surface area contributed by atoms with Crippen molar-refractivity contribution >= 4 is 17.2 Å². The summed E-state index contributed by atoms with van der Waals surface area (Å²) < 4.78 is 3.10. The number of amides is 1. The second-order valence-electron chi connectivity index (χ2n) is 7.57. The minimum absolute atomic E-state index is 0.0836. The van der Waals surface area contributed by atoms with Crippen LogP contribution in [0.25, 0.3) is 11.3 Å². The van der Waals surface area contributed by atoms with E-state index < -0.39 is 0 Å². The molecule has 4 aromatic rings. The summed E-state index contributed by atoms with van der Waals surface area (Å²) >= 11 is 0. The zero-order valence-electron chi connectivity index (χ0n) is 16.3. The van der Waals surface area contributed by atoms with Gasteiger partial charge in [-0.15, -0.1) is 0 Å². The fourth-order valence-electron chi connectivity index (χ4n) is 3.96. The lowest BCUT2D eigenvalue weighted by Crippen LogP contribution is -2.39. The first-order chi connectivity index (χ1) is 14.0. The van der Waals surface area contributed by atoms with E-state index in [1.807, 2.05) is 17.9 Å². The van der Waals surface area contributed by atoms with Crippen molar-refractivity contribution in [3.05, 3.63) is 63.6 Å². The summed E-state index contributed by atoms with van der Waals surface area (Å²) in [7, 11) is 0. The van der Waals surface area contributed by atoms with E-state index in [2.05, 4.69) is 20.2 Å². The minimum Gasteiger partial charge on any atom is -0.337 e.